The van der Waals surface area contributed by atoms with E-state index in [9.17, 15) is 14.4 Å². The van der Waals surface area contributed by atoms with Gasteiger partial charge in [0.1, 0.15) is 0 Å². The van der Waals surface area contributed by atoms with Gasteiger partial charge in [0.2, 0.25) is 11.8 Å². The van der Waals surface area contributed by atoms with Crippen LogP contribution in [0.2, 0.25) is 0 Å². The van der Waals surface area contributed by atoms with Crippen LogP contribution in [0, 0.1) is 0 Å². The SMILES string of the molecule is CC(=O)Nc1ccc2nc(NC(=O)CN(C)C(=O)c3cccs3)sc2c1. The van der Waals surface area contributed by atoms with Crippen molar-refractivity contribution in [1.29, 1.82) is 0 Å². The zero-order valence-corrected chi connectivity index (χ0v) is 15.7. The lowest BCUT2D eigenvalue weighted by atomic mass is 10.3. The number of thiazole rings is 1. The first-order valence-corrected chi connectivity index (χ1v) is 9.39. The molecule has 3 rings (SSSR count). The molecule has 9 heteroatoms. The number of rotatable bonds is 5. The second-order valence-corrected chi connectivity index (χ2v) is 7.55. The third-order valence-electron chi connectivity index (χ3n) is 3.41. The minimum atomic E-state index is -0.321. The fourth-order valence-corrected chi connectivity index (χ4v) is 3.93. The second-order valence-electron chi connectivity index (χ2n) is 5.57. The van der Waals surface area contributed by atoms with Gasteiger partial charge in [-0.25, -0.2) is 4.98 Å². The highest BCUT2D eigenvalue weighted by Crippen LogP contribution is 2.28. The van der Waals surface area contributed by atoms with Gasteiger partial charge in [-0.05, 0) is 29.6 Å². The van der Waals surface area contributed by atoms with Crippen LogP contribution in [0.1, 0.15) is 16.6 Å². The summed E-state index contributed by atoms with van der Waals surface area (Å²) in [6.45, 7) is 1.38. The highest BCUT2D eigenvalue weighted by molar-refractivity contribution is 7.22. The topological polar surface area (TPSA) is 91.4 Å². The predicted molar refractivity (Wildman–Crippen MR) is 104 cm³/mol. The summed E-state index contributed by atoms with van der Waals surface area (Å²) in [5.74, 6) is -0.668. The van der Waals surface area contributed by atoms with E-state index in [1.54, 1.807) is 37.4 Å². The summed E-state index contributed by atoms with van der Waals surface area (Å²) in [7, 11) is 1.58. The molecule has 0 unspecified atom stereocenters. The number of aromatic nitrogens is 1. The average molecular weight is 388 g/mol. The van der Waals surface area contributed by atoms with Gasteiger partial charge < -0.3 is 15.5 Å². The van der Waals surface area contributed by atoms with E-state index < -0.39 is 0 Å². The molecule has 3 amide bonds. The molecule has 3 aromatic rings. The first-order valence-electron chi connectivity index (χ1n) is 7.69. The normalized spacial score (nSPS) is 10.5. The molecule has 0 saturated carbocycles. The lowest BCUT2D eigenvalue weighted by Gasteiger charge is -2.15. The summed E-state index contributed by atoms with van der Waals surface area (Å²) in [6, 6.07) is 8.85. The van der Waals surface area contributed by atoms with Crippen LogP contribution in [0.4, 0.5) is 10.8 Å². The summed E-state index contributed by atoms with van der Waals surface area (Å²) in [5.41, 5.74) is 1.40. The summed E-state index contributed by atoms with van der Waals surface area (Å²) < 4.78 is 0.842. The van der Waals surface area contributed by atoms with Crippen LogP contribution in [-0.2, 0) is 9.59 Å². The summed E-state index contributed by atoms with van der Waals surface area (Å²) in [4.78, 5) is 41.8. The van der Waals surface area contributed by atoms with Crippen molar-refractivity contribution in [1.82, 2.24) is 9.88 Å². The molecule has 0 aliphatic rings. The Morgan fingerprint density at radius 1 is 1.19 bits per heavy atom. The quantitative estimate of drug-likeness (QED) is 0.703. The molecule has 0 saturated heterocycles. The summed E-state index contributed by atoms with van der Waals surface area (Å²) in [6.07, 6.45) is 0. The fraction of sp³-hybridized carbons (Fsp3) is 0.176. The van der Waals surface area contributed by atoms with Crippen molar-refractivity contribution < 1.29 is 14.4 Å². The number of carbonyl (C=O) groups is 3. The lowest BCUT2D eigenvalue weighted by Crippen LogP contribution is -2.34. The van der Waals surface area contributed by atoms with Crippen LogP contribution in [0.15, 0.2) is 35.7 Å². The van der Waals surface area contributed by atoms with Gasteiger partial charge in [-0.3, -0.25) is 14.4 Å². The molecule has 134 valence electrons. The van der Waals surface area contributed by atoms with Crippen LogP contribution in [-0.4, -0.2) is 41.2 Å². The van der Waals surface area contributed by atoms with E-state index in [1.165, 1.54) is 34.5 Å². The number of nitrogens with one attached hydrogen (secondary N) is 2. The second kappa shape index (κ2) is 7.63. The van der Waals surface area contributed by atoms with Crippen molar-refractivity contribution in [2.45, 2.75) is 6.92 Å². The number of fused-ring (bicyclic) bond motifs is 1. The highest BCUT2D eigenvalue weighted by atomic mass is 32.1. The maximum atomic E-state index is 12.2. The first kappa shape index (κ1) is 18.0. The van der Waals surface area contributed by atoms with E-state index in [0.717, 1.165) is 10.2 Å². The Balaban J connectivity index is 1.65. The predicted octanol–water partition coefficient (Wildman–Crippen LogP) is 3.03. The van der Waals surface area contributed by atoms with E-state index >= 15 is 0 Å². The molecule has 7 nitrogen and oxygen atoms in total. The number of amides is 3. The van der Waals surface area contributed by atoms with Gasteiger partial charge >= 0.3 is 0 Å². The fourth-order valence-electron chi connectivity index (χ4n) is 2.29. The number of anilines is 2. The molecule has 0 fully saturated rings. The molecule has 0 radical (unpaired) electrons. The summed E-state index contributed by atoms with van der Waals surface area (Å²) >= 11 is 2.64. The van der Waals surface area contributed by atoms with E-state index in [-0.39, 0.29) is 24.3 Å². The molecule has 26 heavy (non-hydrogen) atoms. The molecule has 0 spiro atoms. The van der Waals surface area contributed by atoms with Gasteiger partial charge in [0, 0.05) is 19.7 Å². The zero-order chi connectivity index (χ0) is 18.7. The van der Waals surface area contributed by atoms with Crippen molar-refractivity contribution in [2.75, 3.05) is 24.2 Å². The first-order chi connectivity index (χ1) is 12.4. The monoisotopic (exact) mass is 388 g/mol. The van der Waals surface area contributed by atoms with Gasteiger partial charge in [0.05, 0.1) is 21.6 Å². The smallest absolute Gasteiger partial charge is 0.264 e. The third kappa shape index (κ3) is 4.24. The number of nitrogens with zero attached hydrogens (tertiary/aromatic N) is 2. The van der Waals surface area contributed by atoms with Crippen LogP contribution >= 0.6 is 22.7 Å². The number of carbonyl (C=O) groups excluding carboxylic acids is 3. The Morgan fingerprint density at radius 3 is 2.69 bits per heavy atom. The van der Waals surface area contributed by atoms with E-state index in [2.05, 4.69) is 15.6 Å². The van der Waals surface area contributed by atoms with Gasteiger partial charge in [0.25, 0.3) is 5.91 Å². The number of benzene rings is 1. The molecular formula is C17H16N4O3S2. The van der Waals surface area contributed by atoms with Crippen molar-refractivity contribution in [3.63, 3.8) is 0 Å². The molecule has 0 bridgehead atoms. The Hall–Kier alpha value is -2.78. The van der Waals surface area contributed by atoms with Crippen molar-refractivity contribution in [3.8, 4) is 0 Å². The van der Waals surface area contributed by atoms with Crippen molar-refractivity contribution >= 4 is 61.4 Å². The Bertz CT molecular complexity index is 966. The maximum absolute atomic E-state index is 12.2. The van der Waals surface area contributed by atoms with Crippen LogP contribution in [0.3, 0.4) is 0 Å². The minimum absolute atomic E-state index is 0.0657. The summed E-state index contributed by atoms with van der Waals surface area (Å²) in [5, 5.41) is 7.68. The molecule has 2 aromatic heterocycles. The number of hydrogen-bond acceptors (Lipinski definition) is 6. The van der Waals surface area contributed by atoms with Crippen LogP contribution < -0.4 is 10.6 Å². The number of thiophene rings is 1. The lowest BCUT2D eigenvalue weighted by molar-refractivity contribution is -0.116. The zero-order valence-electron chi connectivity index (χ0n) is 14.1. The van der Waals surface area contributed by atoms with E-state index in [0.29, 0.717) is 15.7 Å². The Kier molecular flexibility index (Phi) is 5.29. The molecule has 0 aliphatic carbocycles. The molecule has 1 aromatic carbocycles. The van der Waals surface area contributed by atoms with Gasteiger partial charge in [0.15, 0.2) is 5.13 Å². The largest absolute Gasteiger partial charge is 0.332 e. The molecule has 0 atom stereocenters. The van der Waals surface area contributed by atoms with Crippen molar-refractivity contribution in [2.24, 2.45) is 0 Å². The van der Waals surface area contributed by atoms with Gasteiger partial charge in [-0.1, -0.05) is 17.4 Å². The standard InChI is InChI=1S/C17H16N4O3S2/c1-10(22)18-11-5-6-12-14(8-11)26-17(19-12)20-15(23)9-21(2)16(24)13-4-3-7-25-13/h3-8H,9H2,1-2H3,(H,18,22)(H,19,20,23). The number of hydrogen-bond donors (Lipinski definition) is 2. The van der Waals surface area contributed by atoms with Gasteiger partial charge in [-0.15, -0.1) is 11.3 Å². The van der Waals surface area contributed by atoms with Gasteiger partial charge in [-0.2, -0.15) is 0 Å². The van der Waals surface area contributed by atoms with Crippen molar-refractivity contribution in [3.05, 3.63) is 40.6 Å². The van der Waals surface area contributed by atoms with Crippen LogP contribution in [0.5, 0.6) is 0 Å². The Morgan fingerprint density at radius 2 is 2.00 bits per heavy atom. The number of likely N-dealkylation sites (N-methyl/N-ethyl adjacent to an activating group) is 1. The molecule has 2 N–H and O–H groups in total. The molecular weight excluding hydrogens is 372 g/mol. The average Bonchev–Trinajstić information content (AvgIpc) is 3.21. The highest BCUT2D eigenvalue weighted by Gasteiger charge is 2.16. The molecule has 2 heterocycles. The Labute approximate surface area is 157 Å². The minimum Gasteiger partial charge on any atom is -0.332 e. The molecule has 0 aliphatic heterocycles. The van der Waals surface area contributed by atoms with E-state index in [1.807, 2.05) is 5.38 Å². The maximum Gasteiger partial charge on any atom is 0.264 e. The van der Waals surface area contributed by atoms with E-state index in [4.69, 9.17) is 0 Å². The third-order valence-corrected chi connectivity index (χ3v) is 5.21. The van der Waals surface area contributed by atoms with Crippen LogP contribution in [0.25, 0.3) is 10.2 Å².